The third kappa shape index (κ3) is 3.16. The fourth-order valence-electron chi connectivity index (χ4n) is 1.87. The second-order valence-electron chi connectivity index (χ2n) is 4.19. The number of aromatic nitrogens is 1. The third-order valence-corrected chi connectivity index (χ3v) is 3.33. The van der Waals surface area contributed by atoms with Gasteiger partial charge in [-0.2, -0.15) is 0 Å². The molecule has 1 unspecified atom stereocenters. The average molecular weight is 325 g/mol. The second kappa shape index (κ2) is 6.21. The molecule has 0 saturated heterocycles. The summed E-state index contributed by atoms with van der Waals surface area (Å²) in [5, 5.41) is 3.27. The van der Waals surface area contributed by atoms with Gasteiger partial charge >= 0.3 is 0 Å². The quantitative estimate of drug-likeness (QED) is 0.909. The molecule has 1 atom stereocenters. The summed E-state index contributed by atoms with van der Waals surface area (Å²) in [4.78, 5) is 4.31. The molecule has 5 heteroatoms. The van der Waals surface area contributed by atoms with E-state index in [4.69, 9.17) is 9.15 Å². The van der Waals surface area contributed by atoms with Gasteiger partial charge in [-0.05, 0) is 31.7 Å². The number of halogens is 1. The molecule has 0 radical (unpaired) electrons. The fraction of sp³-hybridized carbons (Fsp3) is 0.357. The minimum atomic E-state index is 0.0974. The zero-order valence-electron chi connectivity index (χ0n) is 11.2. The molecule has 102 valence electrons. The van der Waals surface area contributed by atoms with Crippen LogP contribution in [0.1, 0.15) is 25.8 Å². The van der Waals surface area contributed by atoms with Crippen LogP contribution in [0.15, 0.2) is 33.3 Å². The lowest BCUT2D eigenvalue weighted by Gasteiger charge is -2.08. The van der Waals surface area contributed by atoms with Crippen LogP contribution in [0.3, 0.4) is 0 Å². The number of rotatable bonds is 5. The monoisotopic (exact) mass is 324 g/mol. The zero-order chi connectivity index (χ0) is 13.8. The highest BCUT2D eigenvalue weighted by Gasteiger charge is 2.15. The lowest BCUT2D eigenvalue weighted by molar-refractivity contribution is 0.408. The topological polar surface area (TPSA) is 47.3 Å². The fourth-order valence-corrected chi connectivity index (χ4v) is 2.21. The molecular formula is C14H17BrN2O2. The molecule has 0 fully saturated rings. The van der Waals surface area contributed by atoms with E-state index < -0.39 is 0 Å². The van der Waals surface area contributed by atoms with Gasteiger partial charge in [-0.1, -0.05) is 22.9 Å². The van der Waals surface area contributed by atoms with Crippen LogP contribution in [-0.2, 0) is 0 Å². The summed E-state index contributed by atoms with van der Waals surface area (Å²) in [5.74, 6) is 2.15. The second-order valence-corrected chi connectivity index (χ2v) is 5.10. The van der Waals surface area contributed by atoms with Gasteiger partial charge in [0.05, 0.1) is 24.9 Å². The van der Waals surface area contributed by atoms with Crippen molar-refractivity contribution in [3.63, 3.8) is 0 Å². The Kier molecular flexibility index (Phi) is 4.61. The molecule has 19 heavy (non-hydrogen) atoms. The van der Waals surface area contributed by atoms with Crippen molar-refractivity contribution in [1.82, 2.24) is 10.3 Å². The summed E-state index contributed by atoms with van der Waals surface area (Å²) in [6.45, 7) is 4.95. The normalized spacial score (nSPS) is 12.4. The standard InChI is InChI=1S/C14H17BrN2O2/c1-4-16-9(2)14-17-8-13(19-14)11-6-5-10(15)7-12(11)18-3/h5-9,16H,4H2,1-3H3. The van der Waals surface area contributed by atoms with E-state index in [9.17, 15) is 0 Å². The predicted octanol–water partition coefficient (Wildman–Crippen LogP) is 3.78. The Hall–Kier alpha value is -1.33. The molecule has 1 N–H and O–H groups in total. The zero-order valence-corrected chi connectivity index (χ0v) is 12.8. The molecule has 0 aliphatic rings. The number of benzene rings is 1. The van der Waals surface area contributed by atoms with Gasteiger partial charge in [0.2, 0.25) is 5.89 Å². The minimum Gasteiger partial charge on any atom is -0.496 e. The lowest BCUT2D eigenvalue weighted by atomic mass is 10.1. The Bertz CT molecular complexity index is 554. The van der Waals surface area contributed by atoms with Crippen LogP contribution in [0.2, 0.25) is 0 Å². The number of nitrogens with zero attached hydrogens (tertiary/aromatic N) is 1. The van der Waals surface area contributed by atoms with Crippen LogP contribution in [-0.4, -0.2) is 18.6 Å². The van der Waals surface area contributed by atoms with Crippen LogP contribution in [0, 0.1) is 0 Å². The molecule has 1 aromatic carbocycles. The number of ether oxygens (including phenoxy) is 1. The molecule has 0 bridgehead atoms. The van der Waals surface area contributed by atoms with E-state index in [1.807, 2.05) is 25.1 Å². The summed E-state index contributed by atoms with van der Waals surface area (Å²) >= 11 is 3.42. The van der Waals surface area contributed by atoms with Crippen LogP contribution >= 0.6 is 15.9 Å². The average Bonchev–Trinajstić information content (AvgIpc) is 2.88. The Morgan fingerprint density at radius 3 is 2.95 bits per heavy atom. The highest BCUT2D eigenvalue weighted by atomic mass is 79.9. The summed E-state index contributed by atoms with van der Waals surface area (Å²) in [7, 11) is 1.64. The van der Waals surface area contributed by atoms with Gasteiger partial charge in [-0.15, -0.1) is 0 Å². The molecule has 1 aromatic heterocycles. The SMILES string of the molecule is CCNC(C)c1ncc(-c2ccc(Br)cc2OC)o1. The number of nitrogens with one attached hydrogen (secondary N) is 1. The van der Waals surface area contributed by atoms with E-state index in [0.717, 1.165) is 22.3 Å². The molecule has 1 heterocycles. The maximum absolute atomic E-state index is 5.80. The summed E-state index contributed by atoms with van der Waals surface area (Å²) in [6, 6.07) is 5.91. The Morgan fingerprint density at radius 1 is 1.47 bits per heavy atom. The molecule has 0 aliphatic carbocycles. The van der Waals surface area contributed by atoms with Gasteiger partial charge in [-0.25, -0.2) is 4.98 Å². The van der Waals surface area contributed by atoms with Crippen LogP contribution in [0.4, 0.5) is 0 Å². The summed E-state index contributed by atoms with van der Waals surface area (Å²) < 4.78 is 12.1. The van der Waals surface area contributed by atoms with Gasteiger partial charge in [-0.3, -0.25) is 0 Å². The van der Waals surface area contributed by atoms with Gasteiger partial charge in [0, 0.05) is 4.47 Å². The molecule has 0 amide bonds. The van der Waals surface area contributed by atoms with E-state index in [1.54, 1.807) is 13.3 Å². The smallest absolute Gasteiger partial charge is 0.211 e. The highest BCUT2D eigenvalue weighted by Crippen LogP contribution is 2.33. The first-order chi connectivity index (χ1) is 9.15. The van der Waals surface area contributed by atoms with E-state index in [0.29, 0.717) is 11.7 Å². The van der Waals surface area contributed by atoms with E-state index in [1.165, 1.54) is 0 Å². The van der Waals surface area contributed by atoms with Gasteiger partial charge < -0.3 is 14.5 Å². The van der Waals surface area contributed by atoms with Crippen molar-refractivity contribution >= 4 is 15.9 Å². The lowest BCUT2D eigenvalue weighted by Crippen LogP contribution is -2.17. The van der Waals surface area contributed by atoms with Crippen LogP contribution < -0.4 is 10.1 Å². The van der Waals surface area contributed by atoms with E-state index >= 15 is 0 Å². The van der Waals surface area contributed by atoms with Crippen molar-refractivity contribution in [3.05, 3.63) is 34.8 Å². The summed E-state index contributed by atoms with van der Waals surface area (Å²) in [5.41, 5.74) is 0.896. The maximum atomic E-state index is 5.80. The van der Waals surface area contributed by atoms with Crippen molar-refractivity contribution in [1.29, 1.82) is 0 Å². The van der Waals surface area contributed by atoms with Crippen molar-refractivity contribution < 1.29 is 9.15 Å². The highest BCUT2D eigenvalue weighted by molar-refractivity contribution is 9.10. The third-order valence-electron chi connectivity index (χ3n) is 2.83. The number of methoxy groups -OCH3 is 1. The molecule has 0 aliphatic heterocycles. The minimum absolute atomic E-state index is 0.0974. The van der Waals surface area contributed by atoms with Crippen molar-refractivity contribution in [2.24, 2.45) is 0 Å². The van der Waals surface area contributed by atoms with Crippen molar-refractivity contribution in [2.75, 3.05) is 13.7 Å². The van der Waals surface area contributed by atoms with Gasteiger partial charge in [0.15, 0.2) is 5.76 Å². The first-order valence-electron chi connectivity index (χ1n) is 6.18. The predicted molar refractivity (Wildman–Crippen MR) is 78.3 cm³/mol. The first kappa shape index (κ1) is 14.1. The maximum Gasteiger partial charge on any atom is 0.211 e. The largest absolute Gasteiger partial charge is 0.496 e. The molecular weight excluding hydrogens is 308 g/mol. The number of hydrogen-bond donors (Lipinski definition) is 1. The van der Waals surface area contributed by atoms with E-state index in [2.05, 4.69) is 33.2 Å². The number of hydrogen-bond acceptors (Lipinski definition) is 4. The van der Waals surface area contributed by atoms with Crippen molar-refractivity contribution in [2.45, 2.75) is 19.9 Å². The van der Waals surface area contributed by atoms with Crippen molar-refractivity contribution in [3.8, 4) is 17.1 Å². The Morgan fingerprint density at radius 2 is 2.26 bits per heavy atom. The molecule has 2 rings (SSSR count). The van der Waals surface area contributed by atoms with Crippen LogP contribution in [0.5, 0.6) is 5.75 Å². The molecule has 2 aromatic rings. The first-order valence-corrected chi connectivity index (χ1v) is 6.98. The molecule has 0 saturated carbocycles. The Balaban J connectivity index is 2.32. The number of oxazole rings is 1. The summed E-state index contributed by atoms with van der Waals surface area (Å²) in [6.07, 6.45) is 1.73. The van der Waals surface area contributed by atoms with E-state index in [-0.39, 0.29) is 6.04 Å². The van der Waals surface area contributed by atoms with Crippen LogP contribution in [0.25, 0.3) is 11.3 Å². The van der Waals surface area contributed by atoms with Gasteiger partial charge in [0.25, 0.3) is 0 Å². The van der Waals surface area contributed by atoms with Gasteiger partial charge in [0.1, 0.15) is 5.75 Å². The Labute approximate surface area is 121 Å². The molecule has 4 nitrogen and oxygen atoms in total. The molecule has 0 spiro atoms.